The Bertz CT molecular complexity index is 537. The lowest BCUT2D eigenvalue weighted by Crippen LogP contribution is -2.03. The Morgan fingerprint density at radius 1 is 1.26 bits per heavy atom. The summed E-state index contributed by atoms with van der Waals surface area (Å²) < 4.78 is 3.34. The van der Waals surface area contributed by atoms with Gasteiger partial charge in [-0.3, -0.25) is 0 Å². The van der Waals surface area contributed by atoms with Gasteiger partial charge in [-0.15, -0.1) is 0 Å². The third-order valence-corrected chi connectivity index (χ3v) is 4.41. The van der Waals surface area contributed by atoms with Crippen molar-refractivity contribution >= 4 is 27.6 Å². The molecule has 0 aliphatic heterocycles. The molecule has 0 aliphatic rings. The van der Waals surface area contributed by atoms with E-state index in [2.05, 4.69) is 63.7 Å². The van der Waals surface area contributed by atoms with Gasteiger partial charge in [0, 0.05) is 29.1 Å². The number of unbranched alkanes of at least 4 members (excludes halogenated alkanes) is 1. The fraction of sp³-hybridized carbons (Fsp3) is 0.400. The number of hydrogen-bond acceptors (Lipinski definition) is 2. The van der Waals surface area contributed by atoms with Crippen LogP contribution in [-0.2, 0) is 6.54 Å². The number of hydrogen-bond donors (Lipinski definition) is 1. The quantitative estimate of drug-likeness (QED) is 0.856. The number of benzene rings is 1. The van der Waals surface area contributed by atoms with Gasteiger partial charge >= 0.3 is 0 Å². The van der Waals surface area contributed by atoms with Crippen LogP contribution in [-0.4, -0.2) is 9.55 Å². The Hall–Kier alpha value is -1.29. The zero-order valence-electron chi connectivity index (χ0n) is 11.7. The van der Waals surface area contributed by atoms with Gasteiger partial charge in [0.2, 0.25) is 5.95 Å². The second kappa shape index (κ2) is 6.24. The number of halogens is 1. The summed E-state index contributed by atoms with van der Waals surface area (Å²) >= 11 is 3.59. The van der Waals surface area contributed by atoms with Gasteiger partial charge in [0.05, 0.1) is 0 Å². The summed E-state index contributed by atoms with van der Waals surface area (Å²) in [6.45, 7) is 7.41. The number of anilines is 2. The van der Waals surface area contributed by atoms with Crippen LogP contribution in [0, 0.1) is 13.8 Å². The molecular weight excluding hydrogens is 302 g/mol. The van der Waals surface area contributed by atoms with Gasteiger partial charge in [0.25, 0.3) is 0 Å². The van der Waals surface area contributed by atoms with Crippen LogP contribution in [0.3, 0.4) is 0 Å². The maximum absolute atomic E-state index is 4.39. The van der Waals surface area contributed by atoms with E-state index >= 15 is 0 Å². The molecule has 0 amide bonds. The van der Waals surface area contributed by atoms with Crippen LogP contribution in [0.1, 0.15) is 30.9 Å². The van der Waals surface area contributed by atoms with Crippen LogP contribution in [0.4, 0.5) is 11.6 Å². The molecule has 0 fully saturated rings. The van der Waals surface area contributed by atoms with Gasteiger partial charge in [0.1, 0.15) is 0 Å². The molecule has 0 saturated carbocycles. The lowest BCUT2D eigenvalue weighted by Gasteiger charge is -2.12. The van der Waals surface area contributed by atoms with Gasteiger partial charge in [-0.05, 0) is 43.5 Å². The fourth-order valence-corrected chi connectivity index (χ4v) is 2.32. The average molecular weight is 322 g/mol. The maximum Gasteiger partial charge on any atom is 0.207 e. The van der Waals surface area contributed by atoms with Gasteiger partial charge in [-0.25, -0.2) is 4.98 Å². The molecule has 0 atom stereocenters. The number of aromatic nitrogens is 2. The molecular formula is C15H20BrN3. The summed E-state index contributed by atoms with van der Waals surface area (Å²) in [4.78, 5) is 4.39. The molecule has 0 bridgehead atoms. The minimum Gasteiger partial charge on any atom is -0.326 e. The van der Waals surface area contributed by atoms with E-state index in [4.69, 9.17) is 0 Å². The van der Waals surface area contributed by atoms with Crippen molar-refractivity contribution in [3.63, 3.8) is 0 Å². The molecule has 3 nitrogen and oxygen atoms in total. The summed E-state index contributed by atoms with van der Waals surface area (Å²) in [7, 11) is 0. The predicted molar refractivity (Wildman–Crippen MR) is 84.0 cm³/mol. The summed E-state index contributed by atoms with van der Waals surface area (Å²) in [6, 6.07) is 4.27. The second-order valence-electron chi connectivity index (χ2n) is 4.85. The van der Waals surface area contributed by atoms with E-state index in [1.807, 2.05) is 12.4 Å². The Labute approximate surface area is 123 Å². The summed E-state index contributed by atoms with van der Waals surface area (Å²) in [5.41, 5.74) is 3.55. The molecule has 2 rings (SSSR count). The van der Waals surface area contributed by atoms with Crippen molar-refractivity contribution in [1.29, 1.82) is 0 Å². The van der Waals surface area contributed by atoms with E-state index in [-0.39, 0.29) is 0 Å². The highest BCUT2D eigenvalue weighted by atomic mass is 79.9. The van der Waals surface area contributed by atoms with Crippen molar-refractivity contribution < 1.29 is 0 Å². The minimum absolute atomic E-state index is 0.912. The molecule has 0 aliphatic carbocycles. The van der Waals surface area contributed by atoms with Gasteiger partial charge in [0.15, 0.2) is 0 Å². The molecule has 1 aromatic carbocycles. The van der Waals surface area contributed by atoms with Crippen molar-refractivity contribution in [3.05, 3.63) is 40.1 Å². The maximum atomic E-state index is 4.39. The Balaban J connectivity index is 2.19. The number of rotatable bonds is 5. The molecule has 1 aromatic heterocycles. The second-order valence-corrected chi connectivity index (χ2v) is 5.64. The molecule has 4 heteroatoms. The lowest BCUT2D eigenvalue weighted by atomic mass is 10.1. The summed E-state index contributed by atoms with van der Waals surface area (Å²) in [5, 5.41) is 3.40. The Morgan fingerprint density at radius 3 is 2.58 bits per heavy atom. The van der Waals surface area contributed by atoms with E-state index in [0.717, 1.165) is 18.2 Å². The summed E-state index contributed by atoms with van der Waals surface area (Å²) in [5.74, 6) is 0.912. The molecule has 1 N–H and O–H groups in total. The highest BCUT2D eigenvalue weighted by molar-refractivity contribution is 9.10. The van der Waals surface area contributed by atoms with Crippen LogP contribution >= 0.6 is 15.9 Å². The largest absolute Gasteiger partial charge is 0.326 e. The fourth-order valence-electron chi connectivity index (χ4n) is 2.09. The molecule has 1 heterocycles. The predicted octanol–water partition coefficient (Wildman–Crippen LogP) is 4.81. The van der Waals surface area contributed by atoms with Gasteiger partial charge in [-0.1, -0.05) is 29.3 Å². The average Bonchev–Trinajstić information content (AvgIpc) is 2.80. The standard InChI is InChI=1S/C15H20BrN3/c1-4-5-7-19-8-6-17-15(19)18-13-9-11(2)14(16)12(3)10-13/h6,8-10H,4-5,7H2,1-3H3,(H,17,18). The molecule has 0 spiro atoms. The van der Waals surface area contributed by atoms with Crippen molar-refractivity contribution in [2.24, 2.45) is 0 Å². The molecule has 0 saturated heterocycles. The van der Waals surface area contributed by atoms with Crippen molar-refractivity contribution in [2.75, 3.05) is 5.32 Å². The van der Waals surface area contributed by atoms with Crippen molar-refractivity contribution in [1.82, 2.24) is 9.55 Å². The monoisotopic (exact) mass is 321 g/mol. The zero-order valence-corrected chi connectivity index (χ0v) is 13.3. The Morgan fingerprint density at radius 2 is 1.95 bits per heavy atom. The van der Waals surface area contributed by atoms with Crippen LogP contribution in [0.15, 0.2) is 29.0 Å². The third-order valence-electron chi connectivity index (χ3n) is 3.16. The van der Waals surface area contributed by atoms with E-state index in [9.17, 15) is 0 Å². The zero-order chi connectivity index (χ0) is 13.8. The molecule has 2 aromatic rings. The molecule has 102 valence electrons. The SMILES string of the molecule is CCCCn1ccnc1Nc1cc(C)c(Br)c(C)c1. The van der Waals surface area contributed by atoms with Crippen molar-refractivity contribution in [2.45, 2.75) is 40.2 Å². The summed E-state index contributed by atoms with van der Waals surface area (Å²) in [6.07, 6.45) is 6.23. The van der Waals surface area contributed by atoms with E-state index < -0.39 is 0 Å². The third kappa shape index (κ3) is 3.38. The number of aryl methyl sites for hydroxylation is 3. The van der Waals surface area contributed by atoms with Crippen LogP contribution in [0.25, 0.3) is 0 Å². The lowest BCUT2D eigenvalue weighted by molar-refractivity contribution is 0.638. The van der Waals surface area contributed by atoms with Crippen LogP contribution in [0.2, 0.25) is 0 Å². The van der Waals surface area contributed by atoms with E-state index in [1.54, 1.807) is 0 Å². The normalized spacial score (nSPS) is 10.7. The number of imidazole rings is 1. The topological polar surface area (TPSA) is 29.9 Å². The highest BCUT2D eigenvalue weighted by Crippen LogP contribution is 2.26. The van der Waals surface area contributed by atoms with Gasteiger partial charge in [-0.2, -0.15) is 0 Å². The first-order valence-corrected chi connectivity index (χ1v) is 7.46. The highest BCUT2D eigenvalue weighted by Gasteiger charge is 2.06. The molecule has 19 heavy (non-hydrogen) atoms. The number of nitrogens with one attached hydrogen (secondary N) is 1. The van der Waals surface area contributed by atoms with Crippen LogP contribution < -0.4 is 5.32 Å². The number of nitrogens with zero attached hydrogens (tertiary/aromatic N) is 2. The first-order valence-electron chi connectivity index (χ1n) is 6.66. The smallest absolute Gasteiger partial charge is 0.207 e. The van der Waals surface area contributed by atoms with Crippen LogP contribution in [0.5, 0.6) is 0 Å². The van der Waals surface area contributed by atoms with E-state index in [1.165, 1.54) is 28.4 Å². The molecule has 0 radical (unpaired) electrons. The minimum atomic E-state index is 0.912. The van der Waals surface area contributed by atoms with Gasteiger partial charge < -0.3 is 9.88 Å². The van der Waals surface area contributed by atoms with E-state index in [0.29, 0.717) is 0 Å². The van der Waals surface area contributed by atoms with Crippen molar-refractivity contribution in [3.8, 4) is 0 Å². The first-order chi connectivity index (χ1) is 9.11. The first kappa shape index (κ1) is 14.1. The molecule has 0 unspecified atom stereocenters. The Kier molecular flexibility index (Phi) is 4.64.